The third-order valence-electron chi connectivity index (χ3n) is 9.63. The summed E-state index contributed by atoms with van der Waals surface area (Å²) in [5.74, 6) is 0.812. The van der Waals surface area contributed by atoms with Gasteiger partial charge in [0.05, 0.1) is 5.41 Å². The van der Waals surface area contributed by atoms with E-state index in [2.05, 4.69) is 10.2 Å². The topological polar surface area (TPSA) is 52.7 Å². The van der Waals surface area contributed by atoms with Crippen LogP contribution in [0.4, 0.5) is 8.78 Å². The van der Waals surface area contributed by atoms with E-state index in [9.17, 15) is 18.4 Å². The Hall–Kier alpha value is -2.02. The molecule has 7 heteroatoms. The third kappa shape index (κ3) is 4.49. The molecule has 0 aromatic heterocycles. The first kappa shape index (κ1) is 23.4. The van der Waals surface area contributed by atoms with E-state index in [0.29, 0.717) is 13.1 Å². The van der Waals surface area contributed by atoms with Gasteiger partial charge >= 0.3 is 0 Å². The van der Waals surface area contributed by atoms with Crippen LogP contribution in [0.1, 0.15) is 69.8 Å². The second-order valence-electron chi connectivity index (χ2n) is 12.2. The molecule has 190 valence electrons. The highest BCUT2D eigenvalue weighted by Gasteiger charge is 2.56. The van der Waals surface area contributed by atoms with Crippen molar-refractivity contribution in [2.24, 2.45) is 23.2 Å². The molecule has 1 N–H and O–H groups in total. The fourth-order valence-corrected chi connectivity index (χ4v) is 8.39. The van der Waals surface area contributed by atoms with Gasteiger partial charge in [0, 0.05) is 32.2 Å². The minimum Gasteiger partial charge on any atom is -0.351 e. The van der Waals surface area contributed by atoms with E-state index in [1.165, 1.54) is 31.4 Å². The maximum Gasteiger partial charge on any atom is 0.243 e. The summed E-state index contributed by atoms with van der Waals surface area (Å²) in [6, 6.07) is 3.84. The van der Waals surface area contributed by atoms with Gasteiger partial charge < -0.3 is 10.2 Å². The Kier molecular flexibility index (Phi) is 6.10. The van der Waals surface area contributed by atoms with Crippen LogP contribution in [-0.4, -0.2) is 53.3 Å². The summed E-state index contributed by atoms with van der Waals surface area (Å²) in [5.41, 5.74) is 0.569. The Balaban J connectivity index is 1.03. The molecule has 0 spiro atoms. The van der Waals surface area contributed by atoms with Gasteiger partial charge in [-0.2, -0.15) is 0 Å². The lowest BCUT2D eigenvalue weighted by Gasteiger charge is -2.56. The zero-order chi connectivity index (χ0) is 24.2. The van der Waals surface area contributed by atoms with Gasteiger partial charge in [0.2, 0.25) is 11.8 Å². The molecule has 1 atom stereocenters. The van der Waals surface area contributed by atoms with E-state index in [1.54, 1.807) is 6.07 Å². The molecule has 1 aromatic rings. The number of halogens is 2. The lowest BCUT2D eigenvalue weighted by molar-refractivity contribution is -0.160. The van der Waals surface area contributed by atoms with Crippen LogP contribution in [0.3, 0.4) is 0 Å². The van der Waals surface area contributed by atoms with Crippen LogP contribution >= 0.6 is 0 Å². The fraction of sp³-hybridized carbons (Fsp3) is 0.714. The lowest BCUT2D eigenvalue weighted by Crippen LogP contribution is -2.58. The van der Waals surface area contributed by atoms with Crippen molar-refractivity contribution >= 4 is 11.8 Å². The zero-order valence-corrected chi connectivity index (χ0v) is 20.5. The smallest absolute Gasteiger partial charge is 0.243 e. The van der Waals surface area contributed by atoms with E-state index in [4.69, 9.17) is 0 Å². The molecule has 2 heterocycles. The van der Waals surface area contributed by atoms with Crippen molar-refractivity contribution in [1.82, 2.24) is 15.1 Å². The molecule has 35 heavy (non-hydrogen) atoms. The molecule has 4 aliphatic carbocycles. The zero-order valence-electron chi connectivity index (χ0n) is 20.5. The second kappa shape index (κ2) is 9.13. The Labute approximate surface area is 206 Å². The number of nitrogens with zero attached hydrogens (tertiary/aromatic N) is 2. The monoisotopic (exact) mass is 485 g/mol. The number of likely N-dealkylation sites (tertiary alicyclic amines) is 2. The van der Waals surface area contributed by atoms with E-state index in [-0.39, 0.29) is 29.3 Å². The third-order valence-corrected chi connectivity index (χ3v) is 9.63. The van der Waals surface area contributed by atoms with Gasteiger partial charge in [0.15, 0.2) is 11.6 Å². The standard InChI is InChI=1S/C28H37F2N3O2/c29-23-4-3-18(13-24(23)30)17-32-8-5-22(6-9-32)31-26(34)25-2-1-7-33(25)27(35)28-14-19-10-20(15-28)12-21(11-19)16-28/h3-4,13,19-22,25H,1-2,5-12,14-17H2,(H,31,34). The summed E-state index contributed by atoms with van der Waals surface area (Å²) in [4.78, 5) is 31.3. The number of piperidine rings is 1. The molecule has 2 amide bonds. The molecule has 4 bridgehead atoms. The molecule has 0 radical (unpaired) electrons. The molecular formula is C28H37F2N3O2. The molecule has 6 aliphatic rings. The number of carbonyl (C=O) groups excluding carboxylic acids is 2. The number of hydrogen-bond acceptors (Lipinski definition) is 3. The van der Waals surface area contributed by atoms with Gasteiger partial charge in [-0.05, 0) is 99.7 Å². The van der Waals surface area contributed by atoms with Crippen LogP contribution < -0.4 is 5.32 Å². The van der Waals surface area contributed by atoms with Crippen LogP contribution in [0.2, 0.25) is 0 Å². The quantitative estimate of drug-likeness (QED) is 0.678. The van der Waals surface area contributed by atoms with Crippen molar-refractivity contribution in [1.29, 1.82) is 0 Å². The first-order chi connectivity index (χ1) is 16.9. The largest absolute Gasteiger partial charge is 0.351 e. The van der Waals surface area contributed by atoms with Gasteiger partial charge in [-0.1, -0.05) is 6.07 Å². The summed E-state index contributed by atoms with van der Waals surface area (Å²) in [7, 11) is 0. The van der Waals surface area contributed by atoms with Crippen LogP contribution in [0.25, 0.3) is 0 Å². The maximum absolute atomic E-state index is 13.9. The van der Waals surface area contributed by atoms with Gasteiger partial charge in [0.25, 0.3) is 0 Å². The highest BCUT2D eigenvalue weighted by Crippen LogP contribution is 2.60. The van der Waals surface area contributed by atoms with Crippen molar-refractivity contribution in [3.63, 3.8) is 0 Å². The summed E-state index contributed by atoms with van der Waals surface area (Å²) in [5, 5.41) is 3.25. The van der Waals surface area contributed by atoms with Gasteiger partial charge in [-0.25, -0.2) is 8.78 Å². The SMILES string of the molecule is O=C(NC1CCN(Cc2ccc(F)c(F)c2)CC1)C1CCCN1C(=O)C12CC3CC(CC(C3)C1)C2. The van der Waals surface area contributed by atoms with Crippen molar-refractivity contribution in [3.8, 4) is 0 Å². The molecule has 2 aliphatic heterocycles. The normalized spacial score (nSPS) is 35.0. The summed E-state index contributed by atoms with van der Waals surface area (Å²) in [6.45, 7) is 2.88. The molecule has 1 aromatic carbocycles. The highest BCUT2D eigenvalue weighted by atomic mass is 19.2. The van der Waals surface area contributed by atoms with E-state index in [1.807, 2.05) is 4.90 Å². The van der Waals surface area contributed by atoms with Gasteiger partial charge in [0.1, 0.15) is 6.04 Å². The molecule has 6 fully saturated rings. The first-order valence-electron chi connectivity index (χ1n) is 13.7. The molecular weight excluding hydrogens is 448 g/mol. The highest BCUT2D eigenvalue weighted by molar-refractivity contribution is 5.91. The summed E-state index contributed by atoms with van der Waals surface area (Å²) < 4.78 is 26.7. The number of benzene rings is 1. The predicted molar refractivity (Wildman–Crippen MR) is 128 cm³/mol. The maximum atomic E-state index is 13.9. The minimum absolute atomic E-state index is 0.0135. The molecule has 1 unspecified atom stereocenters. The molecule has 7 rings (SSSR count). The number of hydrogen-bond donors (Lipinski definition) is 1. The van der Waals surface area contributed by atoms with Crippen molar-refractivity contribution in [3.05, 3.63) is 35.4 Å². The molecule has 4 saturated carbocycles. The number of nitrogens with one attached hydrogen (secondary N) is 1. The van der Waals surface area contributed by atoms with Gasteiger partial charge in [-0.15, -0.1) is 0 Å². The molecule has 2 saturated heterocycles. The van der Waals surface area contributed by atoms with Crippen LogP contribution in [0.15, 0.2) is 18.2 Å². The Morgan fingerprint density at radius 2 is 1.57 bits per heavy atom. The number of carbonyl (C=O) groups is 2. The van der Waals surface area contributed by atoms with Crippen LogP contribution in [0, 0.1) is 34.8 Å². The van der Waals surface area contributed by atoms with Crippen LogP contribution in [-0.2, 0) is 16.1 Å². The van der Waals surface area contributed by atoms with Crippen molar-refractivity contribution < 1.29 is 18.4 Å². The molecule has 5 nitrogen and oxygen atoms in total. The van der Waals surface area contributed by atoms with E-state index < -0.39 is 11.6 Å². The van der Waals surface area contributed by atoms with E-state index >= 15 is 0 Å². The Bertz CT molecular complexity index is 955. The van der Waals surface area contributed by atoms with Crippen molar-refractivity contribution in [2.75, 3.05) is 19.6 Å². The Morgan fingerprint density at radius 3 is 2.20 bits per heavy atom. The minimum atomic E-state index is -0.821. The number of amides is 2. The van der Waals surface area contributed by atoms with Crippen molar-refractivity contribution in [2.45, 2.75) is 82.8 Å². The number of rotatable bonds is 5. The predicted octanol–water partition coefficient (Wildman–Crippen LogP) is 4.25. The van der Waals surface area contributed by atoms with Gasteiger partial charge in [-0.3, -0.25) is 14.5 Å². The summed E-state index contributed by atoms with van der Waals surface area (Å²) >= 11 is 0. The second-order valence-corrected chi connectivity index (χ2v) is 12.2. The first-order valence-corrected chi connectivity index (χ1v) is 13.7. The average Bonchev–Trinajstić information content (AvgIpc) is 3.31. The average molecular weight is 486 g/mol. The lowest BCUT2D eigenvalue weighted by atomic mass is 9.49. The fourth-order valence-electron chi connectivity index (χ4n) is 8.39. The van der Waals surface area contributed by atoms with E-state index in [0.717, 1.165) is 81.4 Å². The Morgan fingerprint density at radius 1 is 0.914 bits per heavy atom. The summed E-state index contributed by atoms with van der Waals surface area (Å²) in [6.07, 6.45) is 10.4. The van der Waals surface area contributed by atoms with Crippen LogP contribution in [0.5, 0.6) is 0 Å².